The Balaban J connectivity index is 1.39. The van der Waals surface area contributed by atoms with Crippen LogP contribution in [0, 0.1) is 46.3 Å². The Bertz CT molecular complexity index is 750. The Morgan fingerprint density at radius 3 is 2.62 bits per heavy atom. The lowest BCUT2D eigenvalue weighted by atomic mass is 9.47. The Hall–Kier alpha value is -0.890. The lowest BCUT2D eigenvalue weighted by Crippen LogP contribution is -2.51. The monoisotopic (exact) mass is 468 g/mol. The van der Waals surface area contributed by atoms with Gasteiger partial charge in [-0.15, -0.1) is 0 Å². The first kappa shape index (κ1) is 26.2. The first-order valence-corrected chi connectivity index (χ1v) is 14.7. The summed E-state index contributed by atoms with van der Waals surface area (Å²) in [5.41, 5.74) is 2.69. The fourth-order valence-electron chi connectivity index (χ4n) is 9.21. The summed E-state index contributed by atoms with van der Waals surface area (Å²) in [5.74, 6) is 5.41. The SMILES string of the molecule is CC(C)CCC[C@@H](C)[C@H]1CCC2C3CC=C4C[C@@H](OC/C=C/CC=O)CC[C@]4(C)C3CC[C@@]21C. The zero-order valence-electron chi connectivity index (χ0n) is 22.9. The van der Waals surface area contributed by atoms with E-state index in [4.69, 9.17) is 4.74 Å². The molecule has 4 rings (SSSR count). The van der Waals surface area contributed by atoms with Crippen molar-refractivity contribution >= 4 is 6.29 Å². The first-order valence-electron chi connectivity index (χ1n) is 14.7. The summed E-state index contributed by atoms with van der Waals surface area (Å²) in [6, 6.07) is 0. The summed E-state index contributed by atoms with van der Waals surface area (Å²) in [5, 5.41) is 0. The molecule has 3 saturated carbocycles. The van der Waals surface area contributed by atoms with E-state index in [1.54, 1.807) is 5.57 Å². The molecule has 192 valence electrons. The fourth-order valence-corrected chi connectivity index (χ4v) is 9.21. The summed E-state index contributed by atoms with van der Waals surface area (Å²) < 4.78 is 6.19. The Morgan fingerprint density at radius 2 is 1.85 bits per heavy atom. The molecule has 0 spiro atoms. The molecule has 2 heteroatoms. The van der Waals surface area contributed by atoms with Crippen LogP contribution in [0.25, 0.3) is 0 Å². The van der Waals surface area contributed by atoms with Crippen molar-refractivity contribution in [3.05, 3.63) is 23.8 Å². The third-order valence-electron chi connectivity index (χ3n) is 11.1. The van der Waals surface area contributed by atoms with Crippen LogP contribution in [0.15, 0.2) is 23.8 Å². The van der Waals surface area contributed by atoms with Crippen LogP contribution in [0.4, 0.5) is 0 Å². The zero-order valence-corrected chi connectivity index (χ0v) is 22.9. The van der Waals surface area contributed by atoms with E-state index in [1.165, 1.54) is 64.2 Å². The molecule has 0 saturated heterocycles. The van der Waals surface area contributed by atoms with Gasteiger partial charge in [0.2, 0.25) is 0 Å². The van der Waals surface area contributed by atoms with Crippen molar-refractivity contribution in [2.24, 2.45) is 46.3 Å². The van der Waals surface area contributed by atoms with E-state index in [0.29, 0.717) is 30.0 Å². The Kier molecular flexibility index (Phi) is 8.48. The number of allylic oxidation sites excluding steroid dienone is 2. The highest BCUT2D eigenvalue weighted by atomic mass is 16.5. The number of hydrogen-bond donors (Lipinski definition) is 0. The van der Waals surface area contributed by atoms with Gasteiger partial charge < -0.3 is 9.53 Å². The van der Waals surface area contributed by atoms with Crippen molar-refractivity contribution in [3.8, 4) is 0 Å². The van der Waals surface area contributed by atoms with Gasteiger partial charge >= 0.3 is 0 Å². The standard InChI is InChI=1S/C32H52O2/c1-23(2)10-9-11-24(3)28-14-15-29-27-13-12-25-22-26(34-21-8-6-7-20-33)16-18-31(25,4)30(27)17-19-32(28,29)5/h6,8,12,20,23-24,26-30H,7,9-11,13-19,21-22H2,1-5H3/b8-6+/t24-,26+,27?,28-,29?,30?,31+,32-/m1/s1. The topological polar surface area (TPSA) is 26.3 Å². The van der Waals surface area contributed by atoms with Crippen LogP contribution in [-0.2, 0) is 9.53 Å². The molecule has 0 aromatic rings. The van der Waals surface area contributed by atoms with Gasteiger partial charge in [-0.3, -0.25) is 0 Å². The molecule has 0 N–H and O–H groups in total. The van der Waals surface area contributed by atoms with E-state index in [0.717, 1.165) is 48.2 Å². The van der Waals surface area contributed by atoms with Crippen LogP contribution in [0.5, 0.6) is 0 Å². The number of carbonyl (C=O) groups is 1. The molecular formula is C32H52O2. The molecule has 0 bridgehead atoms. The maximum absolute atomic E-state index is 10.5. The Morgan fingerprint density at radius 1 is 1.03 bits per heavy atom. The maximum Gasteiger partial charge on any atom is 0.123 e. The second kappa shape index (κ2) is 11.0. The zero-order chi connectivity index (χ0) is 24.3. The lowest BCUT2D eigenvalue weighted by Gasteiger charge is -2.58. The van der Waals surface area contributed by atoms with Gasteiger partial charge in [-0.25, -0.2) is 0 Å². The third kappa shape index (κ3) is 5.14. The lowest BCUT2D eigenvalue weighted by molar-refractivity contribution is -0.107. The second-order valence-electron chi connectivity index (χ2n) is 13.4. The van der Waals surface area contributed by atoms with Gasteiger partial charge in [0.1, 0.15) is 6.29 Å². The van der Waals surface area contributed by atoms with E-state index in [9.17, 15) is 4.79 Å². The van der Waals surface area contributed by atoms with Crippen molar-refractivity contribution in [1.82, 2.24) is 0 Å². The molecule has 8 atom stereocenters. The quantitative estimate of drug-likeness (QED) is 0.237. The Labute approximate surface area is 210 Å². The second-order valence-corrected chi connectivity index (χ2v) is 13.4. The molecule has 3 unspecified atom stereocenters. The van der Waals surface area contributed by atoms with Gasteiger partial charge in [0.25, 0.3) is 0 Å². The predicted octanol–water partition coefficient (Wildman–Crippen LogP) is 8.56. The number of rotatable bonds is 10. The van der Waals surface area contributed by atoms with E-state index in [1.807, 2.05) is 12.2 Å². The summed E-state index contributed by atoms with van der Waals surface area (Å²) >= 11 is 0. The predicted molar refractivity (Wildman–Crippen MR) is 143 cm³/mol. The molecule has 0 aromatic heterocycles. The van der Waals surface area contributed by atoms with E-state index < -0.39 is 0 Å². The number of aldehydes is 1. The molecule has 34 heavy (non-hydrogen) atoms. The molecule has 3 fully saturated rings. The van der Waals surface area contributed by atoms with Crippen LogP contribution >= 0.6 is 0 Å². The van der Waals surface area contributed by atoms with Gasteiger partial charge in [0.05, 0.1) is 12.7 Å². The molecular weight excluding hydrogens is 416 g/mol. The smallest absolute Gasteiger partial charge is 0.123 e. The van der Waals surface area contributed by atoms with Crippen LogP contribution in [0.2, 0.25) is 0 Å². The largest absolute Gasteiger partial charge is 0.374 e. The van der Waals surface area contributed by atoms with E-state index in [2.05, 4.69) is 40.7 Å². The van der Waals surface area contributed by atoms with Crippen molar-refractivity contribution in [2.45, 2.75) is 118 Å². The highest BCUT2D eigenvalue weighted by Gasteiger charge is 2.59. The van der Waals surface area contributed by atoms with Crippen molar-refractivity contribution in [3.63, 3.8) is 0 Å². The van der Waals surface area contributed by atoms with Gasteiger partial charge in [0.15, 0.2) is 0 Å². The molecule has 0 heterocycles. The van der Waals surface area contributed by atoms with Crippen molar-refractivity contribution < 1.29 is 9.53 Å². The van der Waals surface area contributed by atoms with Crippen LogP contribution < -0.4 is 0 Å². The summed E-state index contributed by atoms with van der Waals surface area (Å²) in [6.07, 6.45) is 23.4. The average molecular weight is 469 g/mol. The van der Waals surface area contributed by atoms with Crippen molar-refractivity contribution in [2.75, 3.05) is 6.61 Å². The molecule has 0 amide bonds. The number of fused-ring (bicyclic) bond motifs is 5. The third-order valence-corrected chi connectivity index (χ3v) is 11.1. The summed E-state index contributed by atoms with van der Waals surface area (Å²) in [4.78, 5) is 10.5. The summed E-state index contributed by atoms with van der Waals surface area (Å²) in [7, 11) is 0. The molecule has 4 aliphatic carbocycles. The number of ether oxygens (including phenoxy) is 1. The van der Waals surface area contributed by atoms with Gasteiger partial charge in [-0.1, -0.05) is 77.7 Å². The maximum atomic E-state index is 10.5. The first-order chi connectivity index (χ1) is 16.3. The highest BCUT2D eigenvalue weighted by molar-refractivity contribution is 5.51. The van der Waals surface area contributed by atoms with Crippen LogP contribution in [-0.4, -0.2) is 19.0 Å². The molecule has 0 radical (unpaired) electrons. The minimum absolute atomic E-state index is 0.355. The minimum atomic E-state index is 0.355. The molecule has 0 aliphatic heterocycles. The summed E-state index contributed by atoms with van der Waals surface area (Å²) in [6.45, 7) is 13.3. The van der Waals surface area contributed by atoms with Crippen LogP contribution in [0.1, 0.15) is 112 Å². The molecule has 4 aliphatic rings. The van der Waals surface area contributed by atoms with Gasteiger partial charge in [-0.05, 0) is 97.7 Å². The average Bonchev–Trinajstić information content (AvgIpc) is 3.16. The molecule has 0 aromatic carbocycles. The molecule has 2 nitrogen and oxygen atoms in total. The highest BCUT2D eigenvalue weighted by Crippen LogP contribution is 2.67. The number of carbonyl (C=O) groups excluding carboxylic acids is 1. The normalized spacial score (nSPS) is 40.5. The fraction of sp³-hybridized carbons (Fsp3) is 0.844. The van der Waals surface area contributed by atoms with Gasteiger partial charge in [-0.2, -0.15) is 0 Å². The minimum Gasteiger partial charge on any atom is -0.374 e. The number of hydrogen-bond acceptors (Lipinski definition) is 2. The van der Waals surface area contributed by atoms with Crippen LogP contribution in [0.3, 0.4) is 0 Å². The van der Waals surface area contributed by atoms with Crippen molar-refractivity contribution in [1.29, 1.82) is 0 Å². The van der Waals surface area contributed by atoms with E-state index in [-0.39, 0.29) is 0 Å². The van der Waals surface area contributed by atoms with Gasteiger partial charge in [0, 0.05) is 6.42 Å². The van der Waals surface area contributed by atoms with E-state index >= 15 is 0 Å².